The summed E-state index contributed by atoms with van der Waals surface area (Å²) in [7, 11) is -3.82. The quantitative estimate of drug-likeness (QED) is 0.822. The molecule has 0 saturated heterocycles. The molecule has 2 aromatic carbocycles. The molecule has 2 aromatic rings. The first kappa shape index (κ1) is 18.9. The fourth-order valence-electron chi connectivity index (χ4n) is 2.80. The van der Waals surface area contributed by atoms with Gasteiger partial charge in [-0.3, -0.25) is 4.79 Å². The summed E-state index contributed by atoms with van der Waals surface area (Å²) in [5, 5.41) is 2.77. The van der Waals surface area contributed by atoms with Gasteiger partial charge in [-0.2, -0.15) is 8.42 Å². The van der Waals surface area contributed by atoms with Crippen molar-refractivity contribution < 1.29 is 17.9 Å². The van der Waals surface area contributed by atoms with Gasteiger partial charge >= 0.3 is 0 Å². The van der Waals surface area contributed by atoms with E-state index in [1.54, 1.807) is 35.2 Å². The van der Waals surface area contributed by atoms with E-state index >= 15 is 0 Å². The molecule has 1 aliphatic heterocycles. The highest BCUT2D eigenvalue weighted by molar-refractivity contribution is 7.90. The van der Waals surface area contributed by atoms with Gasteiger partial charge in [0.15, 0.2) is 0 Å². The van der Waals surface area contributed by atoms with Crippen LogP contribution in [0.3, 0.4) is 0 Å². The van der Waals surface area contributed by atoms with Gasteiger partial charge in [-0.15, -0.1) is 4.40 Å². The van der Waals surface area contributed by atoms with Crippen LogP contribution in [0.4, 0.5) is 11.4 Å². The van der Waals surface area contributed by atoms with Crippen molar-refractivity contribution in [2.75, 3.05) is 23.4 Å². The molecule has 0 spiro atoms. The summed E-state index contributed by atoms with van der Waals surface area (Å²) in [4.78, 5) is 14.5. The number of sulfonamides is 1. The van der Waals surface area contributed by atoms with Crippen LogP contribution in [-0.2, 0) is 10.0 Å². The van der Waals surface area contributed by atoms with E-state index < -0.39 is 15.9 Å². The molecule has 0 fully saturated rings. The van der Waals surface area contributed by atoms with Gasteiger partial charge in [0.05, 0.1) is 18.0 Å². The third-order valence-electron chi connectivity index (χ3n) is 4.03. The zero-order valence-electron chi connectivity index (χ0n) is 15.2. The molecule has 8 heteroatoms. The maximum absolute atomic E-state index is 12.7. The molecule has 7 nitrogen and oxygen atoms in total. The normalized spacial score (nSPS) is 14.5. The Balaban J connectivity index is 1.92. The molecular formula is C19H21N3O4S. The Labute approximate surface area is 158 Å². The van der Waals surface area contributed by atoms with Crippen molar-refractivity contribution in [2.24, 2.45) is 4.40 Å². The number of hydrogen-bond acceptors (Lipinski definition) is 5. The molecule has 0 saturated carbocycles. The molecule has 27 heavy (non-hydrogen) atoms. The van der Waals surface area contributed by atoms with Crippen molar-refractivity contribution >= 4 is 33.6 Å². The average Bonchev–Trinajstić information content (AvgIpc) is 2.66. The molecule has 1 amide bonds. The number of anilines is 2. The van der Waals surface area contributed by atoms with Crippen molar-refractivity contribution in [2.45, 2.75) is 25.2 Å². The minimum atomic E-state index is -3.82. The lowest BCUT2D eigenvalue weighted by Gasteiger charge is -2.25. The van der Waals surface area contributed by atoms with E-state index in [1.165, 1.54) is 12.4 Å². The SMILES string of the molecule is CCCN1C=NS(=O)(=O)c2cc(C(=O)Nc3ccccc3OCC)ccc21. The van der Waals surface area contributed by atoms with Crippen molar-refractivity contribution in [3.05, 3.63) is 48.0 Å². The molecule has 1 heterocycles. The van der Waals surface area contributed by atoms with Gasteiger partial charge in [0.2, 0.25) is 0 Å². The summed E-state index contributed by atoms with van der Waals surface area (Å²) in [6.45, 7) is 4.96. The Bertz CT molecular complexity index is 986. The molecule has 0 bridgehead atoms. The molecule has 0 radical (unpaired) electrons. The van der Waals surface area contributed by atoms with Crippen LogP contribution < -0.4 is 15.0 Å². The Hall–Kier alpha value is -2.87. The Morgan fingerprint density at radius 2 is 1.96 bits per heavy atom. The van der Waals surface area contributed by atoms with Crippen LogP contribution in [0.25, 0.3) is 0 Å². The summed E-state index contributed by atoms with van der Waals surface area (Å²) in [5.41, 5.74) is 1.28. The maximum atomic E-state index is 12.7. The summed E-state index contributed by atoms with van der Waals surface area (Å²) in [6, 6.07) is 11.7. The number of rotatable bonds is 6. The van der Waals surface area contributed by atoms with Gasteiger partial charge in [-0.1, -0.05) is 19.1 Å². The lowest BCUT2D eigenvalue weighted by Crippen LogP contribution is -2.28. The number of benzene rings is 2. The van der Waals surface area contributed by atoms with Crippen molar-refractivity contribution in [3.8, 4) is 5.75 Å². The smallest absolute Gasteiger partial charge is 0.285 e. The summed E-state index contributed by atoms with van der Waals surface area (Å²) in [6.07, 6.45) is 2.15. The molecule has 0 atom stereocenters. The number of ether oxygens (including phenoxy) is 1. The fourth-order valence-corrected chi connectivity index (χ4v) is 3.88. The van der Waals surface area contributed by atoms with Gasteiger partial charge < -0.3 is 15.0 Å². The number of fused-ring (bicyclic) bond motifs is 1. The number of para-hydroxylation sites is 2. The van der Waals surface area contributed by atoms with Gasteiger partial charge in [0.25, 0.3) is 15.9 Å². The van der Waals surface area contributed by atoms with E-state index in [2.05, 4.69) is 9.71 Å². The Kier molecular flexibility index (Phi) is 5.46. The minimum absolute atomic E-state index is 0.0317. The van der Waals surface area contributed by atoms with E-state index in [0.717, 1.165) is 6.42 Å². The predicted molar refractivity (Wildman–Crippen MR) is 105 cm³/mol. The van der Waals surface area contributed by atoms with Gasteiger partial charge in [0, 0.05) is 12.1 Å². The molecule has 0 unspecified atom stereocenters. The number of carbonyl (C=O) groups excluding carboxylic acids is 1. The third kappa shape index (κ3) is 3.95. The monoisotopic (exact) mass is 387 g/mol. The minimum Gasteiger partial charge on any atom is -0.492 e. The van der Waals surface area contributed by atoms with Crippen molar-refractivity contribution in [1.82, 2.24) is 0 Å². The first-order chi connectivity index (χ1) is 13.0. The Morgan fingerprint density at radius 3 is 2.70 bits per heavy atom. The van der Waals surface area contributed by atoms with E-state index in [4.69, 9.17) is 4.74 Å². The third-order valence-corrected chi connectivity index (χ3v) is 5.29. The first-order valence-corrected chi connectivity index (χ1v) is 10.1. The second-order valence-corrected chi connectivity index (χ2v) is 7.56. The van der Waals surface area contributed by atoms with Crippen LogP contribution in [0.5, 0.6) is 5.75 Å². The lowest BCUT2D eigenvalue weighted by molar-refractivity contribution is 0.102. The van der Waals surface area contributed by atoms with Crippen molar-refractivity contribution in [1.29, 1.82) is 0 Å². The largest absolute Gasteiger partial charge is 0.492 e. The molecule has 1 N–H and O–H groups in total. The van der Waals surface area contributed by atoms with Gasteiger partial charge in [0.1, 0.15) is 17.0 Å². The number of hydrogen-bond donors (Lipinski definition) is 1. The van der Waals surface area contributed by atoms with Crippen molar-refractivity contribution in [3.63, 3.8) is 0 Å². The average molecular weight is 387 g/mol. The molecule has 142 valence electrons. The zero-order chi connectivity index (χ0) is 19.4. The lowest BCUT2D eigenvalue weighted by atomic mass is 10.1. The first-order valence-electron chi connectivity index (χ1n) is 8.70. The molecule has 3 rings (SSSR count). The van der Waals surface area contributed by atoms with Crippen LogP contribution in [-0.4, -0.2) is 33.8 Å². The van der Waals surface area contributed by atoms with E-state index in [1.807, 2.05) is 19.9 Å². The molecule has 0 aliphatic carbocycles. The zero-order valence-corrected chi connectivity index (χ0v) is 16.0. The van der Waals surface area contributed by atoms with Crippen LogP contribution in [0, 0.1) is 0 Å². The highest BCUT2D eigenvalue weighted by Gasteiger charge is 2.26. The van der Waals surface area contributed by atoms with Crippen LogP contribution >= 0.6 is 0 Å². The van der Waals surface area contributed by atoms with E-state index in [0.29, 0.717) is 30.3 Å². The summed E-state index contributed by atoms with van der Waals surface area (Å²) in [5.74, 6) is 0.134. The molecule has 0 aromatic heterocycles. The van der Waals surface area contributed by atoms with Gasteiger partial charge in [-0.05, 0) is 43.7 Å². The fraction of sp³-hybridized carbons (Fsp3) is 0.263. The number of nitrogens with zero attached hydrogens (tertiary/aromatic N) is 2. The second kappa shape index (κ2) is 7.79. The standard InChI is InChI=1S/C19H21N3O4S/c1-3-11-22-13-20-27(24,25)18-12-14(9-10-16(18)22)19(23)21-15-7-5-6-8-17(15)26-4-2/h5-10,12-13H,3-4,11H2,1-2H3,(H,21,23). The molecule has 1 aliphatic rings. The predicted octanol–water partition coefficient (Wildman–Crippen LogP) is 3.28. The van der Waals surface area contributed by atoms with E-state index in [9.17, 15) is 13.2 Å². The number of amides is 1. The second-order valence-electron chi connectivity index (χ2n) is 5.96. The highest BCUT2D eigenvalue weighted by atomic mass is 32.2. The molecular weight excluding hydrogens is 366 g/mol. The Morgan fingerprint density at radius 1 is 1.19 bits per heavy atom. The number of nitrogens with one attached hydrogen (secondary N) is 1. The topological polar surface area (TPSA) is 88.1 Å². The van der Waals surface area contributed by atoms with E-state index in [-0.39, 0.29) is 10.5 Å². The summed E-state index contributed by atoms with van der Waals surface area (Å²) >= 11 is 0. The summed E-state index contributed by atoms with van der Waals surface area (Å²) < 4.78 is 33.8. The maximum Gasteiger partial charge on any atom is 0.285 e. The van der Waals surface area contributed by atoms with Crippen LogP contribution in [0.15, 0.2) is 51.8 Å². The van der Waals surface area contributed by atoms with Gasteiger partial charge in [-0.25, -0.2) is 0 Å². The number of carbonyl (C=O) groups is 1. The van der Waals surface area contributed by atoms with Crippen LogP contribution in [0.2, 0.25) is 0 Å². The van der Waals surface area contributed by atoms with Crippen LogP contribution in [0.1, 0.15) is 30.6 Å². The highest BCUT2D eigenvalue weighted by Crippen LogP contribution is 2.31.